The lowest BCUT2D eigenvalue weighted by atomic mass is 9.92. The molecule has 1 aliphatic heterocycles. The van der Waals surface area contributed by atoms with Crippen molar-refractivity contribution in [2.24, 2.45) is 5.92 Å². The van der Waals surface area contributed by atoms with Crippen LogP contribution < -0.4 is 10.1 Å². The SMILES string of the molecule is COC(=O)[C@H](Nc1ccc(OC)cc1)[C@H]1COCCC1=O. The van der Waals surface area contributed by atoms with Crippen molar-refractivity contribution in [2.45, 2.75) is 12.5 Å². The predicted octanol–water partition coefficient (Wildman–Crippen LogP) is 1.25. The van der Waals surface area contributed by atoms with Crippen LogP contribution in [0.4, 0.5) is 5.69 Å². The fourth-order valence-electron chi connectivity index (χ4n) is 2.26. The molecular formula is C15H19NO5. The second kappa shape index (κ2) is 7.08. The molecule has 2 atom stereocenters. The number of ether oxygens (including phenoxy) is 3. The largest absolute Gasteiger partial charge is 0.497 e. The van der Waals surface area contributed by atoms with Crippen LogP contribution in [0.15, 0.2) is 24.3 Å². The quantitative estimate of drug-likeness (QED) is 0.824. The number of anilines is 1. The second-order valence-corrected chi connectivity index (χ2v) is 4.77. The topological polar surface area (TPSA) is 73.9 Å². The maximum absolute atomic E-state index is 12.0. The van der Waals surface area contributed by atoms with Crippen molar-refractivity contribution in [1.29, 1.82) is 0 Å². The molecule has 0 unspecified atom stereocenters. The van der Waals surface area contributed by atoms with Gasteiger partial charge in [0.05, 0.1) is 33.4 Å². The number of carbonyl (C=O) groups excluding carboxylic acids is 2. The summed E-state index contributed by atoms with van der Waals surface area (Å²) in [4.78, 5) is 24.0. The highest BCUT2D eigenvalue weighted by Crippen LogP contribution is 2.21. The van der Waals surface area contributed by atoms with Gasteiger partial charge in [-0.15, -0.1) is 0 Å². The van der Waals surface area contributed by atoms with E-state index in [0.29, 0.717) is 24.5 Å². The van der Waals surface area contributed by atoms with Crippen molar-refractivity contribution < 1.29 is 23.8 Å². The minimum absolute atomic E-state index is 0.0117. The van der Waals surface area contributed by atoms with Crippen molar-refractivity contribution in [3.63, 3.8) is 0 Å². The van der Waals surface area contributed by atoms with Crippen LogP contribution in [0.2, 0.25) is 0 Å². The van der Waals surface area contributed by atoms with E-state index < -0.39 is 17.9 Å². The number of nitrogens with one attached hydrogen (secondary N) is 1. The van der Waals surface area contributed by atoms with E-state index in [4.69, 9.17) is 14.2 Å². The van der Waals surface area contributed by atoms with Gasteiger partial charge in [0.2, 0.25) is 0 Å². The summed E-state index contributed by atoms with van der Waals surface area (Å²) >= 11 is 0. The average molecular weight is 293 g/mol. The van der Waals surface area contributed by atoms with Crippen LogP contribution in [-0.4, -0.2) is 45.2 Å². The van der Waals surface area contributed by atoms with E-state index in [2.05, 4.69) is 5.32 Å². The molecule has 0 amide bonds. The number of methoxy groups -OCH3 is 2. The van der Waals surface area contributed by atoms with E-state index in [-0.39, 0.29) is 12.4 Å². The fourth-order valence-corrected chi connectivity index (χ4v) is 2.26. The third-order valence-corrected chi connectivity index (χ3v) is 3.47. The third-order valence-electron chi connectivity index (χ3n) is 3.47. The molecule has 21 heavy (non-hydrogen) atoms. The summed E-state index contributed by atoms with van der Waals surface area (Å²) in [5.41, 5.74) is 0.713. The fraction of sp³-hybridized carbons (Fsp3) is 0.467. The lowest BCUT2D eigenvalue weighted by Gasteiger charge is -2.28. The molecule has 1 aliphatic rings. The molecule has 6 nitrogen and oxygen atoms in total. The first kappa shape index (κ1) is 15.3. The standard InChI is InChI=1S/C15H19NO5/c1-19-11-5-3-10(4-6-11)16-14(15(18)20-2)12-9-21-8-7-13(12)17/h3-6,12,14,16H,7-9H2,1-2H3/t12-,14+/m0/s1. The minimum Gasteiger partial charge on any atom is -0.497 e. The Labute approximate surface area is 123 Å². The molecule has 0 bridgehead atoms. The highest BCUT2D eigenvalue weighted by atomic mass is 16.5. The van der Waals surface area contributed by atoms with Crippen LogP contribution in [-0.2, 0) is 19.1 Å². The molecule has 0 spiro atoms. The van der Waals surface area contributed by atoms with E-state index in [1.165, 1.54) is 7.11 Å². The van der Waals surface area contributed by atoms with Crippen molar-refractivity contribution >= 4 is 17.4 Å². The summed E-state index contributed by atoms with van der Waals surface area (Å²) < 4.78 is 15.2. The number of hydrogen-bond acceptors (Lipinski definition) is 6. The van der Waals surface area contributed by atoms with Crippen molar-refractivity contribution in [3.05, 3.63) is 24.3 Å². The third kappa shape index (κ3) is 3.72. The van der Waals surface area contributed by atoms with Crippen LogP contribution in [0.5, 0.6) is 5.75 Å². The number of carbonyl (C=O) groups is 2. The van der Waals surface area contributed by atoms with E-state index in [1.807, 2.05) is 0 Å². The second-order valence-electron chi connectivity index (χ2n) is 4.77. The smallest absolute Gasteiger partial charge is 0.329 e. The van der Waals surface area contributed by atoms with Gasteiger partial charge in [-0.25, -0.2) is 4.79 Å². The van der Waals surface area contributed by atoms with Crippen molar-refractivity contribution in [3.8, 4) is 5.75 Å². The van der Waals surface area contributed by atoms with Gasteiger partial charge in [-0.1, -0.05) is 0 Å². The van der Waals surface area contributed by atoms with Crippen LogP contribution >= 0.6 is 0 Å². The normalized spacial score (nSPS) is 19.7. The zero-order valence-electron chi connectivity index (χ0n) is 12.1. The highest BCUT2D eigenvalue weighted by molar-refractivity contribution is 5.91. The Morgan fingerprint density at radius 3 is 2.62 bits per heavy atom. The number of ketones is 1. The lowest BCUT2D eigenvalue weighted by Crippen LogP contribution is -2.46. The maximum Gasteiger partial charge on any atom is 0.329 e. The number of Topliss-reactive ketones (excluding diaryl/α,β-unsaturated/α-hetero) is 1. The molecule has 1 fully saturated rings. The number of esters is 1. The zero-order chi connectivity index (χ0) is 15.2. The van der Waals surface area contributed by atoms with Crippen molar-refractivity contribution in [1.82, 2.24) is 0 Å². The Morgan fingerprint density at radius 2 is 2.05 bits per heavy atom. The van der Waals surface area contributed by atoms with Gasteiger partial charge in [0, 0.05) is 12.1 Å². The first-order valence-corrected chi connectivity index (χ1v) is 6.74. The Balaban J connectivity index is 2.15. The monoisotopic (exact) mass is 293 g/mol. The molecule has 6 heteroatoms. The zero-order valence-corrected chi connectivity index (χ0v) is 12.1. The van der Waals surface area contributed by atoms with Crippen LogP contribution in [0, 0.1) is 5.92 Å². The van der Waals surface area contributed by atoms with Gasteiger partial charge in [0.1, 0.15) is 17.6 Å². The molecule has 2 rings (SSSR count). The summed E-state index contributed by atoms with van der Waals surface area (Å²) in [5.74, 6) is -0.284. The van der Waals surface area contributed by atoms with Crippen LogP contribution in [0.25, 0.3) is 0 Å². The summed E-state index contributed by atoms with van der Waals surface area (Å²) in [6, 6.07) is 6.36. The molecule has 1 saturated heterocycles. The van der Waals surface area contributed by atoms with Gasteiger partial charge in [-0.05, 0) is 24.3 Å². The molecule has 0 saturated carbocycles. The number of rotatable bonds is 5. The van der Waals surface area contributed by atoms with Crippen LogP contribution in [0.1, 0.15) is 6.42 Å². The molecule has 114 valence electrons. The van der Waals surface area contributed by atoms with Gasteiger partial charge in [-0.3, -0.25) is 4.79 Å². The molecule has 1 aromatic carbocycles. The molecular weight excluding hydrogens is 274 g/mol. The predicted molar refractivity (Wildman–Crippen MR) is 76.4 cm³/mol. The van der Waals surface area contributed by atoms with Gasteiger partial charge in [-0.2, -0.15) is 0 Å². The summed E-state index contributed by atoms with van der Waals surface area (Å²) in [6.45, 7) is 0.632. The van der Waals surface area contributed by atoms with E-state index >= 15 is 0 Å². The summed E-state index contributed by atoms with van der Waals surface area (Å²) in [5, 5.41) is 3.05. The van der Waals surface area contributed by atoms with E-state index in [0.717, 1.165) is 0 Å². The maximum atomic E-state index is 12.0. The first-order chi connectivity index (χ1) is 10.2. The molecule has 0 aromatic heterocycles. The molecule has 0 radical (unpaired) electrons. The average Bonchev–Trinajstić information content (AvgIpc) is 2.53. The van der Waals surface area contributed by atoms with Gasteiger partial charge < -0.3 is 19.5 Å². The summed E-state index contributed by atoms with van der Waals surface area (Å²) in [6.07, 6.45) is 0.322. The van der Waals surface area contributed by atoms with Gasteiger partial charge >= 0.3 is 5.97 Å². The Bertz CT molecular complexity index is 499. The Morgan fingerprint density at radius 1 is 1.33 bits per heavy atom. The molecule has 1 aromatic rings. The molecule has 0 aliphatic carbocycles. The molecule has 1 N–H and O–H groups in total. The van der Waals surface area contributed by atoms with Crippen molar-refractivity contribution in [2.75, 3.05) is 32.8 Å². The molecule has 1 heterocycles. The van der Waals surface area contributed by atoms with Crippen LogP contribution in [0.3, 0.4) is 0 Å². The lowest BCUT2D eigenvalue weighted by molar-refractivity contribution is -0.148. The van der Waals surface area contributed by atoms with E-state index in [9.17, 15) is 9.59 Å². The number of hydrogen-bond donors (Lipinski definition) is 1. The summed E-state index contributed by atoms with van der Waals surface area (Å²) in [7, 11) is 2.89. The first-order valence-electron chi connectivity index (χ1n) is 6.74. The highest BCUT2D eigenvalue weighted by Gasteiger charge is 2.36. The Hall–Kier alpha value is -2.08. The van der Waals surface area contributed by atoms with Gasteiger partial charge in [0.15, 0.2) is 0 Å². The Kier molecular flexibility index (Phi) is 5.16. The number of benzene rings is 1. The van der Waals surface area contributed by atoms with E-state index in [1.54, 1.807) is 31.4 Å². The van der Waals surface area contributed by atoms with Gasteiger partial charge in [0.25, 0.3) is 0 Å². The minimum atomic E-state index is -0.754.